The van der Waals surface area contributed by atoms with E-state index in [4.69, 9.17) is 11.6 Å². The normalized spacial score (nSPS) is 12.6. The number of aromatic nitrogens is 1. The van der Waals surface area contributed by atoms with E-state index in [1.807, 2.05) is 6.92 Å². The van der Waals surface area contributed by atoms with Crippen molar-refractivity contribution in [2.24, 2.45) is 0 Å². The first-order chi connectivity index (χ1) is 13.3. The fourth-order valence-corrected chi connectivity index (χ4v) is 4.79. The highest BCUT2D eigenvalue weighted by Crippen LogP contribution is 2.33. The number of thiazole rings is 1. The van der Waals surface area contributed by atoms with Gasteiger partial charge in [-0.25, -0.2) is 22.2 Å². The quantitative estimate of drug-likeness (QED) is 0.510. The van der Waals surface area contributed by atoms with Crippen LogP contribution in [-0.4, -0.2) is 13.4 Å². The van der Waals surface area contributed by atoms with E-state index in [-0.39, 0.29) is 15.8 Å². The minimum absolute atomic E-state index is 0.00398. The van der Waals surface area contributed by atoms with E-state index in [1.165, 1.54) is 12.3 Å². The first kappa shape index (κ1) is 20.5. The Balaban J connectivity index is 1.90. The largest absolute Gasteiger partial charge is 0.377 e. The number of rotatable bonds is 7. The lowest BCUT2D eigenvalue weighted by Crippen LogP contribution is -2.16. The molecule has 3 rings (SSSR count). The van der Waals surface area contributed by atoms with Crippen molar-refractivity contribution in [3.63, 3.8) is 0 Å². The zero-order valence-corrected chi connectivity index (χ0v) is 17.0. The van der Waals surface area contributed by atoms with Crippen LogP contribution in [0.2, 0.25) is 5.02 Å². The monoisotopic (exact) mass is 443 g/mol. The Morgan fingerprint density at radius 1 is 1.21 bits per heavy atom. The predicted octanol–water partition coefficient (Wildman–Crippen LogP) is 5.44. The standard InChI is InChI=1S/C18H16ClF2N3O2S2/c1-2-15(11-5-3-4-6-13(11)20)23-16-10-14(21)17(9-12(16)19)28(25,26)24-18-22-7-8-27-18/h3-10,15,23H,2H2,1H3,(H,22,24). The highest BCUT2D eigenvalue weighted by atomic mass is 35.5. The van der Waals surface area contributed by atoms with E-state index < -0.39 is 32.6 Å². The van der Waals surface area contributed by atoms with Gasteiger partial charge in [0.25, 0.3) is 10.0 Å². The summed E-state index contributed by atoms with van der Waals surface area (Å²) in [6.07, 6.45) is 1.93. The molecule has 1 heterocycles. The van der Waals surface area contributed by atoms with E-state index in [9.17, 15) is 17.2 Å². The van der Waals surface area contributed by atoms with Crippen molar-refractivity contribution in [3.8, 4) is 0 Å². The number of sulfonamides is 1. The molecule has 28 heavy (non-hydrogen) atoms. The maximum Gasteiger partial charge on any atom is 0.266 e. The third-order valence-corrected chi connectivity index (χ3v) is 6.47. The Kier molecular flexibility index (Phi) is 6.17. The summed E-state index contributed by atoms with van der Waals surface area (Å²) >= 11 is 7.25. The molecule has 1 unspecified atom stereocenters. The van der Waals surface area contributed by atoms with Crippen LogP contribution in [0, 0.1) is 11.6 Å². The molecule has 0 fully saturated rings. The van der Waals surface area contributed by atoms with Crippen LogP contribution in [-0.2, 0) is 10.0 Å². The van der Waals surface area contributed by atoms with Crippen LogP contribution in [0.1, 0.15) is 24.9 Å². The van der Waals surface area contributed by atoms with Gasteiger partial charge in [-0.1, -0.05) is 36.7 Å². The van der Waals surface area contributed by atoms with E-state index in [1.54, 1.807) is 23.6 Å². The molecule has 0 radical (unpaired) electrons. The van der Waals surface area contributed by atoms with Crippen molar-refractivity contribution in [1.29, 1.82) is 0 Å². The molecular formula is C18H16ClF2N3O2S2. The second-order valence-corrected chi connectivity index (χ2v) is 8.78. The van der Waals surface area contributed by atoms with E-state index in [2.05, 4.69) is 15.0 Å². The number of hydrogen-bond donors (Lipinski definition) is 2. The molecular weight excluding hydrogens is 428 g/mol. The molecule has 10 heteroatoms. The Bertz CT molecular complexity index is 1080. The molecule has 0 aliphatic heterocycles. The summed E-state index contributed by atoms with van der Waals surface area (Å²) in [5, 5.41) is 4.68. The van der Waals surface area contributed by atoms with Crippen molar-refractivity contribution < 1.29 is 17.2 Å². The van der Waals surface area contributed by atoms with E-state index >= 15 is 0 Å². The van der Waals surface area contributed by atoms with Crippen LogP contribution >= 0.6 is 22.9 Å². The van der Waals surface area contributed by atoms with Gasteiger partial charge in [0.2, 0.25) is 0 Å². The van der Waals surface area contributed by atoms with Gasteiger partial charge in [-0.2, -0.15) is 0 Å². The lowest BCUT2D eigenvalue weighted by Gasteiger charge is -2.21. The molecule has 3 aromatic rings. The van der Waals surface area contributed by atoms with Crippen molar-refractivity contribution in [1.82, 2.24) is 4.98 Å². The van der Waals surface area contributed by atoms with E-state index in [0.29, 0.717) is 12.0 Å². The molecule has 0 amide bonds. The highest BCUT2D eigenvalue weighted by molar-refractivity contribution is 7.93. The average molecular weight is 444 g/mol. The summed E-state index contributed by atoms with van der Waals surface area (Å²) in [6, 6.07) is 7.78. The van der Waals surface area contributed by atoms with Gasteiger partial charge in [0.1, 0.15) is 16.5 Å². The number of benzene rings is 2. The predicted molar refractivity (Wildman–Crippen MR) is 107 cm³/mol. The average Bonchev–Trinajstić information content (AvgIpc) is 3.15. The third-order valence-electron chi connectivity index (χ3n) is 3.98. The van der Waals surface area contributed by atoms with Crippen LogP contribution in [0.15, 0.2) is 52.9 Å². The molecule has 0 aliphatic rings. The first-order valence-corrected chi connectivity index (χ1v) is 11.0. The zero-order valence-electron chi connectivity index (χ0n) is 14.6. The molecule has 2 aromatic carbocycles. The maximum absolute atomic E-state index is 14.6. The Hall–Kier alpha value is -2.23. The Morgan fingerprint density at radius 2 is 1.96 bits per heavy atom. The summed E-state index contributed by atoms with van der Waals surface area (Å²) in [6.45, 7) is 1.84. The molecule has 2 N–H and O–H groups in total. The summed E-state index contributed by atoms with van der Waals surface area (Å²) in [4.78, 5) is 3.21. The second kappa shape index (κ2) is 8.42. The molecule has 0 saturated heterocycles. The summed E-state index contributed by atoms with van der Waals surface area (Å²) < 4.78 is 55.7. The Labute approximate surface area is 170 Å². The Morgan fingerprint density at radius 3 is 2.61 bits per heavy atom. The molecule has 1 aromatic heterocycles. The lowest BCUT2D eigenvalue weighted by molar-refractivity contribution is 0.570. The van der Waals surface area contributed by atoms with Gasteiger partial charge in [0.15, 0.2) is 5.13 Å². The summed E-state index contributed by atoms with van der Waals surface area (Å²) in [5.74, 6) is -1.38. The van der Waals surface area contributed by atoms with Crippen molar-refractivity contribution in [3.05, 3.63) is 70.2 Å². The van der Waals surface area contributed by atoms with Gasteiger partial charge >= 0.3 is 0 Å². The minimum atomic E-state index is -4.20. The van der Waals surface area contributed by atoms with Crippen LogP contribution in [0.25, 0.3) is 0 Å². The smallest absolute Gasteiger partial charge is 0.266 e. The zero-order chi connectivity index (χ0) is 20.3. The number of anilines is 2. The van der Waals surface area contributed by atoms with Gasteiger partial charge in [-0.05, 0) is 24.6 Å². The number of nitrogens with one attached hydrogen (secondary N) is 2. The topological polar surface area (TPSA) is 71.1 Å². The fourth-order valence-electron chi connectivity index (χ4n) is 2.63. The van der Waals surface area contributed by atoms with Crippen molar-refractivity contribution >= 4 is 43.8 Å². The van der Waals surface area contributed by atoms with Gasteiger partial charge in [-0.3, -0.25) is 4.72 Å². The SMILES string of the molecule is CCC(Nc1cc(F)c(S(=O)(=O)Nc2nccs2)cc1Cl)c1ccccc1F. The first-order valence-electron chi connectivity index (χ1n) is 8.24. The lowest BCUT2D eigenvalue weighted by atomic mass is 10.0. The number of hydrogen-bond acceptors (Lipinski definition) is 5. The fraction of sp³-hybridized carbons (Fsp3) is 0.167. The summed E-state index contributed by atoms with van der Waals surface area (Å²) in [7, 11) is -4.20. The molecule has 0 bridgehead atoms. The van der Waals surface area contributed by atoms with Crippen LogP contribution in [0.4, 0.5) is 19.6 Å². The van der Waals surface area contributed by atoms with Gasteiger partial charge in [-0.15, -0.1) is 11.3 Å². The van der Waals surface area contributed by atoms with Crippen molar-refractivity contribution in [2.45, 2.75) is 24.3 Å². The van der Waals surface area contributed by atoms with Crippen LogP contribution in [0.5, 0.6) is 0 Å². The second-order valence-electron chi connectivity index (χ2n) is 5.83. The number of halogens is 3. The van der Waals surface area contributed by atoms with Gasteiger partial charge < -0.3 is 5.32 Å². The molecule has 148 valence electrons. The van der Waals surface area contributed by atoms with Crippen LogP contribution < -0.4 is 10.0 Å². The minimum Gasteiger partial charge on any atom is -0.377 e. The van der Waals surface area contributed by atoms with Gasteiger partial charge in [0.05, 0.1) is 16.8 Å². The maximum atomic E-state index is 14.6. The third kappa shape index (κ3) is 4.43. The highest BCUT2D eigenvalue weighted by Gasteiger charge is 2.23. The molecule has 0 saturated carbocycles. The molecule has 5 nitrogen and oxygen atoms in total. The van der Waals surface area contributed by atoms with Crippen molar-refractivity contribution in [2.75, 3.05) is 10.0 Å². The molecule has 1 atom stereocenters. The molecule has 0 aliphatic carbocycles. The van der Waals surface area contributed by atoms with E-state index in [0.717, 1.165) is 23.5 Å². The van der Waals surface area contributed by atoms with Crippen LogP contribution in [0.3, 0.4) is 0 Å². The molecule has 0 spiro atoms. The number of nitrogens with zero attached hydrogens (tertiary/aromatic N) is 1. The van der Waals surface area contributed by atoms with Gasteiger partial charge in [0, 0.05) is 17.1 Å². The summed E-state index contributed by atoms with van der Waals surface area (Å²) in [5.41, 5.74) is 0.575.